The highest BCUT2D eigenvalue weighted by Gasteiger charge is 2.52. The van der Waals surface area contributed by atoms with Crippen molar-refractivity contribution < 1.29 is 48.1 Å². The van der Waals surface area contributed by atoms with Gasteiger partial charge in [0.2, 0.25) is 0 Å². The Labute approximate surface area is 290 Å². The van der Waals surface area contributed by atoms with E-state index in [1.54, 1.807) is 18.2 Å². The fourth-order valence-electron chi connectivity index (χ4n) is 5.39. The van der Waals surface area contributed by atoms with E-state index in [1.807, 2.05) is 0 Å². The topological polar surface area (TPSA) is 134 Å². The molecule has 1 saturated heterocycles. The number of hydrogen-bond donors (Lipinski definition) is 4. The third kappa shape index (κ3) is 11.3. The Morgan fingerprint density at radius 2 is 1.29 bits per heavy atom. The molecule has 12 heteroatoms. The van der Waals surface area contributed by atoms with Crippen molar-refractivity contribution in [1.82, 2.24) is 0 Å². The molecular weight excluding hydrogens is 689 g/mol. The minimum absolute atomic E-state index is 0.0778. The molecule has 2 atom stereocenters. The van der Waals surface area contributed by atoms with Gasteiger partial charge in [0.1, 0.15) is 11.6 Å². The fraction of sp³-hybridized carbons (Fsp3) is 0.500. The molecular formula is C36H46BBrF2O8. The van der Waals surface area contributed by atoms with Crippen molar-refractivity contribution in [1.29, 1.82) is 0 Å². The summed E-state index contributed by atoms with van der Waals surface area (Å²) >= 11 is 2.97. The van der Waals surface area contributed by atoms with Crippen LogP contribution in [0.2, 0.25) is 0 Å². The number of aliphatic carboxylic acids is 2. The summed E-state index contributed by atoms with van der Waals surface area (Å²) in [6.45, 7) is 8.43. The van der Waals surface area contributed by atoms with Crippen molar-refractivity contribution in [3.63, 3.8) is 0 Å². The van der Waals surface area contributed by atoms with Gasteiger partial charge in [-0.25, -0.2) is 18.4 Å². The Bertz CT molecular complexity index is 1480. The second-order valence-electron chi connectivity index (χ2n) is 13.3. The van der Waals surface area contributed by atoms with Gasteiger partial charge in [-0.15, -0.1) is 0 Å². The largest absolute Gasteiger partial charge is 0.490 e. The number of carboxylic acids is 2. The van der Waals surface area contributed by atoms with Crippen LogP contribution < -0.4 is 0 Å². The van der Waals surface area contributed by atoms with E-state index in [2.05, 4.69) is 55.8 Å². The van der Waals surface area contributed by atoms with E-state index in [4.69, 9.17) is 24.6 Å². The number of aliphatic hydroxyl groups is 2. The molecule has 1 fully saturated rings. The monoisotopic (exact) mass is 734 g/mol. The molecule has 5 rings (SSSR count). The summed E-state index contributed by atoms with van der Waals surface area (Å²) < 4.78 is 39.3. The molecule has 2 aromatic carbocycles. The molecule has 0 unspecified atom stereocenters. The number of rotatable bonds is 8. The first-order valence-electron chi connectivity index (χ1n) is 16.3. The quantitative estimate of drug-likeness (QED) is 0.206. The maximum absolute atomic E-state index is 14.0. The number of halogens is 3. The predicted molar refractivity (Wildman–Crippen MR) is 184 cm³/mol. The van der Waals surface area contributed by atoms with Gasteiger partial charge < -0.3 is 29.7 Å². The Kier molecular flexibility index (Phi) is 14.6. The summed E-state index contributed by atoms with van der Waals surface area (Å²) in [6.07, 6.45) is 10.2. The summed E-state index contributed by atoms with van der Waals surface area (Å²) in [6, 6.07) is 8.89. The molecule has 1 heterocycles. The summed E-state index contributed by atoms with van der Waals surface area (Å²) in [5.74, 6) is -3.42. The van der Waals surface area contributed by atoms with Crippen LogP contribution in [-0.2, 0) is 31.7 Å². The molecule has 1 aliphatic heterocycles. The standard InChI is InChI=1S/C15H17FO3.C12H21BO2.C9H8BrFO3/c16-13-8-10(9-14(17)15(18)19)6-7-12(13)11-4-2-1-3-5-11;1-11(2)12(3,4)15-13(14-11)10-8-6-5-7-9-10;10-6-2-1-5(3-7(6)11)4-8(12)9(13)14/h4,6-8,14,17H,1-3,5,9H2,(H,18,19);8H,5-7,9H2,1-4H3;1-3,8,12H,4H2,(H,13,14)/t14-;;8-/m0.0/s1. The van der Waals surface area contributed by atoms with Crippen LogP contribution in [0, 0.1) is 11.6 Å². The number of aliphatic hydroxyl groups excluding tert-OH is 2. The van der Waals surface area contributed by atoms with E-state index in [0.29, 0.717) is 21.2 Å². The first-order valence-corrected chi connectivity index (χ1v) is 17.1. The van der Waals surface area contributed by atoms with E-state index >= 15 is 0 Å². The molecule has 2 aromatic rings. The molecule has 0 bridgehead atoms. The molecule has 0 saturated carbocycles. The van der Waals surface area contributed by atoms with E-state index in [9.17, 15) is 23.5 Å². The normalized spacial score (nSPS) is 19.4. The minimum atomic E-state index is -1.49. The molecule has 3 aliphatic rings. The van der Waals surface area contributed by atoms with Gasteiger partial charge >= 0.3 is 19.1 Å². The second-order valence-corrected chi connectivity index (χ2v) is 14.1. The first kappa shape index (κ1) is 39.5. The van der Waals surface area contributed by atoms with Gasteiger partial charge in [-0.05, 0) is 135 Å². The van der Waals surface area contributed by atoms with Crippen LogP contribution >= 0.6 is 15.9 Å². The van der Waals surface area contributed by atoms with Gasteiger partial charge in [0.05, 0.1) is 15.7 Å². The molecule has 0 amide bonds. The average molecular weight is 735 g/mol. The molecule has 0 aromatic heterocycles. The van der Waals surface area contributed by atoms with E-state index in [1.165, 1.54) is 42.9 Å². The van der Waals surface area contributed by atoms with Crippen LogP contribution in [0.25, 0.3) is 5.57 Å². The highest BCUT2D eigenvalue weighted by molar-refractivity contribution is 9.10. The molecule has 0 spiro atoms. The maximum Gasteiger partial charge on any atom is 0.490 e. The summed E-state index contributed by atoms with van der Waals surface area (Å²) in [5, 5.41) is 35.3. The van der Waals surface area contributed by atoms with E-state index < -0.39 is 30.0 Å². The Hall–Kier alpha value is -2.90. The molecule has 48 heavy (non-hydrogen) atoms. The van der Waals surface area contributed by atoms with E-state index in [-0.39, 0.29) is 37.0 Å². The van der Waals surface area contributed by atoms with Crippen LogP contribution in [0.1, 0.15) is 95.8 Å². The molecule has 0 radical (unpaired) electrons. The molecule has 262 valence electrons. The summed E-state index contributed by atoms with van der Waals surface area (Å²) in [5.41, 5.74) is 3.50. The van der Waals surface area contributed by atoms with Crippen molar-refractivity contribution in [2.45, 2.75) is 115 Å². The zero-order valence-corrected chi connectivity index (χ0v) is 29.6. The zero-order valence-electron chi connectivity index (χ0n) is 28.0. The lowest BCUT2D eigenvalue weighted by Crippen LogP contribution is -2.41. The number of benzene rings is 2. The second kappa shape index (κ2) is 17.7. The van der Waals surface area contributed by atoms with Gasteiger partial charge in [0, 0.05) is 18.4 Å². The highest BCUT2D eigenvalue weighted by Crippen LogP contribution is 2.40. The Morgan fingerprint density at radius 1 is 0.792 bits per heavy atom. The first-order chi connectivity index (χ1) is 22.5. The van der Waals surface area contributed by atoms with Gasteiger partial charge in [0.15, 0.2) is 12.2 Å². The number of allylic oxidation sites excluding steroid dienone is 4. The molecule has 4 N–H and O–H groups in total. The molecule has 2 aliphatic carbocycles. The van der Waals surface area contributed by atoms with Crippen LogP contribution in [0.3, 0.4) is 0 Å². The van der Waals surface area contributed by atoms with E-state index in [0.717, 1.165) is 37.7 Å². The number of hydrogen-bond acceptors (Lipinski definition) is 6. The third-order valence-electron chi connectivity index (χ3n) is 8.96. The minimum Gasteiger partial charge on any atom is -0.479 e. The van der Waals surface area contributed by atoms with Gasteiger partial charge in [-0.3, -0.25) is 0 Å². The van der Waals surface area contributed by atoms with Crippen molar-refractivity contribution in [2.75, 3.05) is 0 Å². The zero-order chi connectivity index (χ0) is 35.6. The van der Waals surface area contributed by atoms with Crippen LogP contribution in [0.4, 0.5) is 8.78 Å². The lowest BCUT2D eigenvalue weighted by Gasteiger charge is -2.32. The van der Waals surface area contributed by atoms with Crippen molar-refractivity contribution >= 4 is 40.6 Å². The highest BCUT2D eigenvalue weighted by atomic mass is 79.9. The Morgan fingerprint density at radius 3 is 1.73 bits per heavy atom. The lowest BCUT2D eigenvalue weighted by molar-refractivity contribution is -0.147. The van der Waals surface area contributed by atoms with Gasteiger partial charge in [0.25, 0.3) is 0 Å². The fourth-order valence-corrected chi connectivity index (χ4v) is 5.63. The SMILES string of the molecule is CC1(C)OB(C2=CCCCC2)OC1(C)C.O=C(O)[C@@H](O)Cc1ccc(Br)c(F)c1.O=C(O)[C@@H](O)Cc1ccc(C2=CCCCC2)c(F)c1. The van der Waals surface area contributed by atoms with Crippen LogP contribution in [0.5, 0.6) is 0 Å². The maximum atomic E-state index is 14.0. The third-order valence-corrected chi connectivity index (χ3v) is 9.61. The van der Waals surface area contributed by atoms with Crippen molar-refractivity contribution in [2.24, 2.45) is 0 Å². The summed E-state index contributed by atoms with van der Waals surface area (Å²) in [7, 11) is -0.102. The average Bonchev–Trinajstić information content (AvgIpc) is 3.26. The predicted octanol–water partition coefficient (Wildman–Crippen LogP) is 7.47. The van der Waals surface area contributed by atoms with Crippen molar-refractivity contribution in [3.8, 4) is 0 Å². The van der Waals surface area contributed by atoms with Crippen molar-refractivity contribution in [3.05, 3.63) is 86.8 Å². The Balaban J connectivity index is 0.000000198. The molecule has 8 nitrogen and oxygen atoms in total. The van der Waals surface area contributed by atoms with Crippen LogP contribution in [-0.4, -0.2) is 62.9 Å². The lowest BCUT2D eigenvalue weighted by atomic mass is 9.73. The number of carbonyl (C=O) groups is 2. The number of carboxylic acid groups (broad SMARTS) is 2. The smallest absolute Gasteiger partial charge is 0.479 e. The van der Waals surface area contributed by atoms with Gasteiger partial charge in [-0.2, -0.15) is 0 Å². The van der Waals surface area contributed by atoms with Crippen LogP contribution in [0.15, 0.2) is 58.5 Å². The summed E-state index contributed by atoms with van der Waals surface area (Å²) in [4.78, 5) is 20.9. The van der Waals surface area contributed by atoms with Gasteiger partial charge in [-0.1, -0.05) is 30.4 Å².